The maximum absolute atomic E-state index is 12.6. The number of esters is 1. The molecule has 29 heavy (non-hydrogen) atoms. The predicted octanol–water partition coefficient (Wildman–Crippen LogP) is 3.73. The molecule has 0 saturated carbocycles. The Morgan fingerprint density at radius 1 is 1.38 bits per heavy atom. The molecular formula is C20H25N5O3S. The second-order valence-corrected chi connectivity index (χ2v) is 8.58. The zero-order valence-electron chi connectivity index (χ0n) is 16.8. The first-order valence-electron chi connectivity index (χ1n) is 9.95. The number of nitrogens with zero attached hydrogens (tertiary/aromatic N) is 2. The van der Waals surface area contributed by atoms with E-state index in [1.54, 1.807) is 11.3 Å². The Labute approximate surface area is 173 Å². The summed E-state index contributed by atoms with van der Waals surface area (Å²) in [6.45, 7) is 4.08. The Hall–Kier alpha value is -2.68. The van der Waals surface area contributed by atoms with E-state index >= 15 is 0 Å². The van der Waals surface area contributed by atoms with E-state index in [9.17, 15) is 9.59 Å². The number of ether oxygens (including phenoxy) is 1. The summed E-state index contributed by atoms with van der Waals surface area (Å²) in [5, 5.41) is 10.1. The Morgan fingerprint density at radius 3 is 2.93 bits per heavy atom. The lowest BCUT2D eigenvalue weighted by molar-refractivity contribution is -0.118. The molecule has 154 valence electrons. The van der Waals surface area contributed by atoms with Crippen LogP contribution in [-0.4, -0.2) is 35.0 Å². The van der Waals surface area contributed by atoms with Gasteiger partial charge in [0.15, 0.2) is 11.6 Å². The van der Waals surface area contributed by atoms with Gasteiger partial charge in [0.05, 0.1) is 12.7 Å². The number of thiophene rings is 1. The first-order chi connectivity index (χ1) is 14.0. The number of aryl methyl sites for hydroxylation is 1. The van der Waals surface area contributed by atoms with Gasteiger partial charge in [-0.15, -0.1) is 11.3 Å². The van der Waals surface area contributed by atoms with Gasteiger partial charge in [0, 0.05) is 4.88 Å². The van der Waals surface area contributed by atoms with E-state index in [4.69, 9.17) is 4.74 Å². The smallest absolute Gasteiger partial charge is 0.341 e. The molecule has 4 rings (SSSR count). The number of carbonyl (C=O) groups excluding carboxylic acids is 2. The van der Waals surface area contributed by atoms with Gasteiger partial charge in [-0.05, 0) is 37.2 Å². The highest BCUT2D eigenvalue weighted by Gasteiger charge is 2.33. The van der Waals surface area contributed by atoms with Crippen LogP contribution in [0.5, 0.6) is 0 Å². The minimum Gasteiger partial charge on any atom is -0.465 e. The van der Waals surface area contributed by atoms with Crippen LogP contribution in [0.4, 0.5) is 22.3 Å². The van der Waals surface area contributed by atoms with Gasteiger partial charge in [-0.3, -0.25) is 4.79 Å². The Kier molecular flexibility index (Phi) is 5.40. The Balaban J connectivity index is 1.70. The average Bonchev–Trinajstić information content (AvgIpc) is 3.10. The SMILES string of the molecule is CCC(C)C1Nc2ncnc(Nc3sc4c(c3C(=O)OC)CCCC4)c2NC1=O. The fraction of sp³-hybridized carbons (Fsp3) is 0.500. The van der Waals surface area contributed by atoms with Crippen molar-refractivity contribution in [2.24, 2.45) is 5.92 Å². The van der Waals surface area contributed by atoms with Crippen molar-refractivity contribution in [3.8, 4) is 0 Å². The fourth-order valence-corrected chi connectivity index (χ4v) is 5.11. The molecule has 2 aromatic rings. The van der Waals surface area contributed by atoms with E-state index in [2.05, 4.69) is 32.8 Å². The molecule has 1 aliphatic heterocycles. The number of nitrogens with one attached hydrogen (secondary N) is 3. The molecule has 3 N–H and O–H groups in total. The normalized spacial score (nSPS) is 18.7. The number of aromatic nitrogens is 2. The van der Waals surface area contributed by atoms with Crippen LogP contribution in [0.25, 0.3) is 0 Å². The molecule has 1 amide bonds. The molecule has 2 unspecified atom stereocenters. The third-order valence-corrected chi connectivity index (χ3v) is 6.88. The highest BCUT2D eigenvalue weighted by molar-refractivity contribution is 7.16. The van der Waals surface area contributed by atoms with Gasteiger partial charge in [-0.2, -0.15) is 0 Å². The first kappa shape index (κ1) is 19.6. The number of rotatable bonds is 5. The molecule has 2 aromatic heterocycles. The van der Waals surface area contributed by atoms with Crippen LogP contribution < -0.4 is 16.0 Å². The van der Waals surface area contributed by atoms with Gasteiger partial charge in [0.25, 0.3) is 0 Å². The van der Waals surface area contributed by atoms with Crippen LogP contribution in [-0.2, 0) is 22.4 Å². The van der Waals surface area contributed by atoms with Crippen molar-refractivity contribution in [2.75, 3.05) is 23.1 Å². The summed E-state index contributed by atoms with van der Waals surface area (Å²) in [6.07, 6.45) is 6.34. The lowest BCUT2D eigenvalue weighted by Gasteiger charge is -2.30. The van der Waals surface area contributed by atoms with E-state index in [1.165, 1.54) is 18.3 Å². The Bertz CT molecular complexity index is 958. The molecule has 2 aliphatic rings. The van der Waals surface area contributed by atoms with Crippen molar-refractivity contribution in [1.29, 1.82) is 0 Å². The summed E-state index contributed by atoms with van der Waals surface area (Å²) in [4.78, 5) is 34.9. The van der Waals surface area contributed by atoms with Crippen LogP contribution >= 0.6 is 11.3 Å². The molecule has 0 radical (unpaired) electrons. The lowest BCUT2D eigenvalue weighted by Crippen LogP contribution is -2.43. The molecule has 0 bridgehead atoms. The van der Waals surface area contributed by atoms with Gasteiger partial charge >= 0.3 is 5.97 Å². The second kappa shape index (κ2) is 7.98. The third-order valence-electron chi connectivity index (χ3n) is 5.68. The molecular weight excluding hydrogens is 390 g/mol. The van der Waals surface area contributed by atoms with E-state index in [1.807, 2.05) is 6.92 Å². The van der Waals surface area contributed by atoms with Gasteiger partial charge in [0.2, 0.25) is 5.91 Å². The number of amides is 1. The van der Waals surface area contributed by atoms with Gasteiger partial charge < -0.3 is 20.7 Å². The van der Waals surface area contributed by atoms with E-state index in [0.717, 1.165) is 37.7 Å². The van der Waals surface area contributed by atoms with Gasteiger partial charge in [0.1, 0.15) is 23.1 Å². The largest absolute Gasteiger partial charge is 0.465 e. The van der Waals surface area contributed by atoms with E-state index in [-0.39, 0.29) is 23.8 Å². The van der Waals surface area contributed by atoms with E-state index in [0.29, 0.717) is 27.9 Å². The number of carbonyl (C=O) groups is 2. The first-order valence-corrected chi connectivity index (χ1v) is 10.8. The maximum atomic E-state index is 12.6. The summed E-state index contributed by atoms with van der Waals surface area (Å²) in [5.74, 6) is 0.747. The van der Waals surface area contributed by atoms with Gasteiger partial charge in [-0.25, -0.2) is 14.8 Å². The van der Waals surface area contributed by atoms with Crippen molar-refractivity contribution in [3.05, 3.63) is 22.3 Å². The highest BCUT2D eigenvalue weighted by Crippen LogP contribution is 2.42. The summed E-state index contributed by atoms with van der Waals surface area (Å²) < 4.78 is 5.03. The number of methoxy groups -OCH3 is 1. The summed E-state index contributed by atoms with van der Waals surface area (Å²) in [6, 6.07) is -0.338. The van der Waals surface area contributed by atoms with Crippen molar-refractivity contribution in [2.45, 2.75) is 52.0 Å². The molecule has 0 aromatic carbocycles. The second-order valence-electron chi connectivity index (χ2n) is 7.47. The van der Waals surface area contributed by atoms with Crippen LogP contribution in [0.1, 0.15) is 53.9 Å². The van der Waals surface area contributed by atoms with Crippen LogP contribution in [0, 0.1) is 5.92 Å². The molecule has 8 nitrogen and oxygen atoms in total. The number of anilines is 4. The molecule has 1 aliphatic carbocycles. The summed E-state index contributed by atoms with van der Waals surface area (Å²) in [7, 11) is 1.39. The third kappa shape index (κ3) is 3.55. The van der Waals surface area contributed by atoms with Crippen molar-refractivity contribution >= 4 is 45.5 Å². The molecule has 0 saturated heterocycles. The molecule has 3 heterocycles. The Morgan fingerprint density at radius 2 is 2.17 bits per heavy atom. The zero-order chi connectivity index (χ0) is 20.5. The topological polar surface area (TPSA) is 105 Å². The molecule has 2 atom stereocenters. The maximum Gasteiger partial charge on any atom is 0.341 e. The summed E-state index contributed by atoms with van der Waals surface area (Å²) >= 11 is 1.56. The molecule has 0 fully saturated rings. The average molecular weight is 416 g/mol. The van der Waals surface area contributed by atoms with Crippen molar-refractivity contribution < 1.29 is 14.3 Å². The van der Waals surface area contributed by atoms with Crippen LogP contribution in [0.15, 0.2) is 6.33 Å². The van der Waals surface area contributed by atoms with Crippen molar-refractivity contribution in [3.63, 3.8) is 0 Å². The standard InChI is InChI=1S/C20H25N5O3S/c1-4-10(2)14-18(26)24-15-16(23-14)21-9-22-17(15)25-19-13(20(27)28-3)11-7-5-6-8-12(11)29-19/h9-10,14H,4-8H2,1-3H3,(H,24,26)(H2,21,22,23,25). The molecule has 0 spiro atoms. The van der Waals surface area contributed by atoms with Gasteiger partial charge in [-0.1, -0.05) is 20.3 Å². The monoisotopic (exact) mass is 415 g/mol. The van der Waals surface area contributed by atoms with Crippen LogP contribution in [0.3, 0.4) is 0 Å². The minimum atomic E-state index is -0.353. The predicted molar refractivity (Wildman–Crippen MR) is 113 cm³/mol. The number of hydrogen-bond acceptors (Lipinski definition) is 8. The highest BCUT2D eigenvalue weighted by atomic mass is 32.1. The van der Waals surface area contributed by atoms with Crippen molar-refractivity contribution in [1.82, 2.24) is 9.97 Å². The zero-order valence-corrected chi connectivity index (χ0v) is 17.6. The van der Waals surface area contributed by atoms with E-state index < -0.39 is 0 Å². The quantitative estimate of drug-likeness (QED) is 0.639. The minimum absolute atomic E-state index is 0.108. The number of hydrogen-bond donors (Lipinski definition) is 3. The lowest BCUT2D eigenvalue weighted by atomic mass is 9.95. The van der Waals surface area contributed by atoms with Crippen LogP contribution in [0.2, 0.25) is 0 Å². The molecule has 9 heteroatoms. The number of fused-ring (bicyclic) bond motifs is 2. The summed E-state index contributed by atoms with van der Waals surface area (Å²) in [5.41, 5.74) is 2.14. The fourth-order valence-electron chi connectivity index (χ4n) is 3.84.